The van der Waals surface area contributed by atoms with Gasteiger partial charge >= 0.3 is 5.97 Å². The molecule has 32 heavy (non-hydrogen) atoms. The van der Waals surface area contributed by atoms with Crippen LogP contribution >= 0.6 is 0 Å². The Hall–Kier alpha value is -2.45. The molecule has 0 radical (unpaired) electrons. The molecule has 2 N–H and O–H groups in total. The first-order valence-corrected chi connectivity index (χ1v) is 12.5. The van der Waals surface area contributed by atoms with Crippen LogP contribution in [0.15, 0.2) is 41.3 Å². The van der Waals surface area contributed by atoms with Gasteiger partial charge in [-0.15, -0.1) is 0 Å². The van der Waals surface area contributed by atoms with Crippen LogP contribution in [0.1, 0.15) is 68.7 Å². The number of hydrogen-bond acceptors (Lipinski definition) is 4. The number of unbranched alkanes of at least 4 members (excludes halogenated alkanes) is 3. The quantitative estimate of drug-likeness (QED) is 0.536. The van der Waals surface area contributed by atoms with Crippen LogP contribution in [-0.2, 0) is 14.8 Å². The Morgan fingerprint density at radius 3 is 2.44 bits per heavy atom. The smallest absolute Gasteiger partial charge is 0.303 e. The summed E-state index contributed by atoms with van der Waals surface area (Å²) in [6, 6.07) is 9.50. The second-order valence-electron chi connectivity index (χ2n) is 7.62. The predicted octanol–water partition coefficient (Wildman–Crippen LogP) is 5.01. The lowest BCUT2D eigenvalue weighted by Gasteiger charge is -2.22. The maximum Gasteiger partial charge on any atom is 0.303 e. The highest BCUT2D eigenvalue weighted by Crippen LogP contribution is 2.40. The zero-order valence-corrected chi connectivity index (χ0v) is 20.0. The molecule has 3 rings (SSSR count). The van der Waals surface area contributed by atoms with Gasteiger partial charge in [0.1, 0.15) is 5.82 Å². The summed E-state index contributed by atoms with van der Waals surface area (Å²) in [5, 5.41) is 12.1. The van der Waals surface area contributed by atoms with Crippen LogP contribution < -0.4 is 9.62 Å². The van der Waals surface area contributed by atoms with Gasteiger partial charge in [0.25, 0.3) is 10.0 Å². The number of para-hydroxylation sites is 1. The van der Waals surface area contributed by atoms with Crippen LogP contribution in [0.4, 0.5) is 10.1 Å². The van der Waals surface area contributed by atoms with E-state index in [0.29, 0.717) is 24.2 Å². The number of nitrogens with one attached hydrogen (secondary N) is 1. The number of anilines is 1. The molecule has 0 spiro atoms. The van der Waals surface area contributed by atoms with Gasteiger partial charge in [-0.2, -0.15) is 0 Å². The number of fused-ring (bicyclic) bond motifs is 2. The number of sulfonamides is 1. The van der Waals surface area contributed by atoms with E-state index in [-0.39, 0.29) is 16.9 Å². The number of halogens is 1. The summed E-state index contributed by atoms with van der Waals surface area (Å²) in [6.45, 7) is 6.16. The van der Waals surface area contributed by atoms with Gasteiger partial charge in [0.2, 0.25) is 0 Å². The van der Waals surface area contributed by atoms with Gasteiger partial charge in [-0.25, -0.2) is 12.8 Å². The molecule has 0 fully saturated rings. The molecule has 1 heterocycles. The fourth-order valence-electron chi connectivity index (χ4n) is 3.80. The monoisotopic (exact) mass is 464 g/mol. The Kier molecular flexibility index (Phi) is 9.21. The number of carbonyl (C=O) groups is 1. The summed E-state index contributed by atoms with van der Waals surface area (Å²) in [5.74, 6) is -1.23. The van der Waals surface area contributed by atoms with E-state index in [0.717, 1.165) is 24.8 Å². The van der Waals surface area contributed by atoms with Crippen LogP contribution in [0.2, 0.25) is 0 Å². The molecule has 0 amide bonds. The molecule has 176 valence electrons. The van der Waals surface area contributed by atoms with Gasteiger partial charge in [0, 0.05) is 13.5 Å². The van der Waals surface area contributed by atoms with E-state index in [1.165, 1.54) is 23.5 Å². The van der Waals surface area contributed by atoms with E-state index < -0.39 is 27.9 Å². The van der Waals surface area contributed by atoms with Crippen molar-refractivity contribution in [1.29, 1.82) is 0 Å². The number of hydrogen-bond donors (Lipinski definition) is 2. The van der Waals surface area contributed by atoms with Gasteiger partial charge in [-0.3, -0.25) is 9.10 Å². The van der Waals surface area contributed by atoms with Gasteiger partial charge in [0.05, 0.1) is 16.6 Å². The molecule has 0 aromatic heterocycles. The lowest BCUT2D eigenvalue weighted by Crippen LogP contribution is -2.26. The van der Waals surface area contributed by atoms with E-state index in [1.54, 1.807) is 19.1 Å². The number of carboxylic acids is 1. The molecular weight excluding hydrogens is 431 g/mol. The molecule has 1 atom stereocenters. The zero-order valence-electron chi connectivity index (χ0n) is 19.2. The molecule has 8 heteroatoms. The molecule has 0 saturated carbocycles. The highest BCUT2D eigenvalue weighted by Gasteiger charge is 2.35. The third-order valence-corrected chi connectivity index (χ3v) is 7.32. The maximum absolute atomic E-state index is 14.4. The zero-order chi connectivity index (χ0) is 23.9. The molecule has 6 nitrogen and oxygen atoms in total. The average Bonchev–Trinajstić information content (AvgIpc) is 2.83. The number of nitrogens with zero attached hydrogens (tertiary/aromatic N) is 1. The Morgan fingerprint density at radius 2 is 1.75 bits per heavy atom. The molecule has 1 unspecified atom stereocenters. The molecule has 0 bridgehead atoms. The van der Waals surface area contributed by atoms with Crippen LogP contribution in [0.5, 0.6) is 0 Å². The fraction of sp³-hybridized carbons (Fsp3) is 0.458. The van der Waals surface area contributed by atoms with E-state index in [2.05, 4.69) is 5.32 Å². The van der Waals surface area contributed by atoms with Crippen molar-refractivity contribution in [1.82, 2.24) is 5.32 Å². The number of carboxylic acid groups (broad SMARTS) is 1. The minimum atomic E-state index is -3.82. The highest BCUT2D eigenvalue weighted by atomic mass is 32.2. The third-order valence-electron chi connectivity index (χ3n) is 5.49. The average molecular weight is 465 g/mol. The van der Waals surface area contributed by atoms with Crippen LogP contribution in [-0.4, -0.2) is 33.1 Å². The van der Waals surface area contributed by atoms with E-state index in [1.807, 2.05) is 26.0 Å². The maximum atomic E-state index is 14.4. The predicted molar refractivity (Wildman–Crippen MR) is 125 cm³/mol. The Bertz CT molecular complexity index is 1040. The third kappa shape index (κ3) is 5.66. The van der Waals surface area contributed by atoms with Gasteiger partial charge < -0.3 is 10.4 Å². The van der Waals surface area contributed by atoms with Crippen molar-refractivity contribution in [3.8, 4) is 0 Å². The normalized spacial score (nSPS) is 16.3. The lowest BCUT2D eigenvalue weighted by atomic mass is 9.95. The number of benzene rings is 2. The number of aryl methyl sites for hydroxylation is 1. The van der Waals surface area contributed by atoms with Crippen molar-refractivity contribution in [3.05, 3.63) is 58.9 Å². The summed E-state index contributed by atoms with van der Waals surface area (Å²) in [7, 11) is -2.31. The first kappa shape index (κ1) is 25.8. The van der Waals surface area contributed by atoms with Crippen molar-refractivity contribution >= 4 is 21.7 Å². The van der Waals surface area contributed by atoms with Crippen molar-refractivity contribution in [3.63, 3.8) is 0 Å². The Balaban J connectivity index is 0.00000176. The standard InChI is InChI=1S/C22H27FN2O4S.C2H6/c1-15-13-20-17(14-18(15)23)22(24-12-8-4-3-5-11-21(26)27)16-9-6-7-10-19(16)25(2)30(20,28)29;1-2/h6-7,9-10,13-14,22,24H,3-5,8,11-12H2,1-2H3,(H,26,27);1-2H3. The largest absolute Gasteiger partial charge is 0.481 e. The minimum absolute atomic E-state index is 0.110. The topological polar surface area (TPSA) is 86.7 Å². The summed E-state index contributed by atoms with van der Waals surface area (Å²) in [4.78, 5) is 10.7. The second kappa shape index (κ2) is 11.4. The second-order valence-corrected chi connectivity index (χ2v) is 9.55. The van der Waals surface area contributed by atoms with E-state index >= 15 is 0 Å². The molecule has 0 saturated heterocycles. The Labute approximate surface area is 190 Å². The van der Waals surface area contributed by atoms with Crippen LogP contribution in [0.25, 0.3) is 0 Å². The SMILES string of the molecule is CC.Cc1cc2c(cc1F)C(NCCCCCCC(=O)O)c1ccccc1N(C)S2(=O)=O. The first-order chi connectivity index (χ1) is 15.2. The first-order valence-electron chi connectivity index (χ1n) is 11.1. The molecule has 1 aliphatic rings. The summed E-state index contributed by atoms with van der Waals surface area (Å²) < 4.78 is 42.2. The van der Waals surface area contributed by atoms with Crippen molar-refractivity contribution < 1.29 is 22.7 Å². The van der Waals surface area contributed by atoms with Crippen molar-refractivity contribution in [2.75, 3.05) is 17.9 Å². The fourth-order valence-corrected chi connectivity index (χ4v) is 5.32. The number of aliphatic carboxylic acids is 1. The summed E-state index contributed by atoms with van der Waals surface area (Å²) in [5.41, 5.74) is 2.02. The van der Waals surface area contributed by atoms with Crippen LogP contribution in [0.3, 0.4) is 0 Å². The van der Waals surface area contributed by atoms with Gasteiger partial charge in [-0.1, -0.05) is 44.9 Å². The Morgan fingerprint density at radius 1 is 1.09 bits per heavy atom. The lowest BCUT2D eigenvalue weighted by molar-refractivity contribution is -0.137. The van der Waals surface area contributed by atoms with E-state index in [4.69, 9.17) is 5.11 Å². The molecule has 1 aliphatic heterocycles. The minimum Gasteiger partial charge on any atom is -0.481 e. The molecule has 2 aromatic carbocycles. The van der Waals surface area contributed by atoms with E-state index in [9.17, 15) is 17.6 Å². The summed E-state index contributed by atoms with van der Waals surface area (Å²) in [6.07, 6.45) is 3.29. The van der Waals surface area contributed by atoms with Crippen molar-refractivity contribution in [2.24, 2.45) is 0 Å². The highest BCUT2D eigenvalue weighted by molar-refractivity contribution is 7.92. The van der Waals surface area contributed by atoms with Crippen molar-refractivity contribution in [2.45, 2.75) is 63.8 Å². The molecule has 2 aromatic rings. The van der Waals surface area contributed by atoms with Gasteiger partial charge in [0.15, 0.2) is 0 Å². The van der Waals surface area contributed by atoms with Gasteiger partial charge in [-0.05, 0) is 61.2 Å². The molecule has 0 aliphatic carbocycles. The molecular formula is C24H33FN2O4S. The summed E-state index contributed by atoms with van der Waals surface area (Å²) >= 11 is 0. The van der Waals surface area contributed by atoms with Crippen LogP contribution in [0, 0.1) is 12.7 Å². The number of rotatable bonds is 8.